The molecule has 3 aromatic carbocycles. The van der Waals surface area contributed by atoms with Gasteiger partial charge in [0.1, 0.15) is 6.17 Å². The second kappa shape index (κ2) is 6.61. The van der Waals surface area contributed by atoms with Gasteiger partial charge in [-0.1, -0.05) is 60.1 Å². The molecule has 0 radical (unpaired) electrons. The molecule has 1 N–H and O–H groups in total. The van der Waals surface area contributed by atoms with Gasteiger partial charge in [0.25, 0.3) is 5.91 Å². The molecule has 0 bridgehead atoms. The van der Waals surface area contributed by atoms with Gasteiger partial charge in [-0.15, -0.1) is 0 Å². The highest BCUT2D eigenvalue weighted by molar-refractivity contribution is 6.30. The normalized spacial score (nSPS) is 16.0. The molecule has 0 saturated heterocycles. The molecule has 0 saturated carbocycles. The molecule has 0 aromatic heterocycles. The molecule has 1 aliphatic heterocycles. The Morgan fingerprint density at radius 2 is 1.56 bits per heavy atom. The molecule has 1 aliphatic rings. The fourth-order valence-corrected chi connectivity index (χ4v) is 3.30. The molecule has 4 heteroatoms. The number of anilines is 1. The highest BCUT2D eigenvalue weighted by atomic mass is 35.5. The van der Waals surface area contributed by atoms with Crippen LogP contribution in [0.4, 0.5) is 5.69 Å². The largest absolute Gasteiger partial charge is 0.361 e. The molecular formula is C21H17ClN2O. The van der Waals surface area contributed by atoms with Gasteiger partial charge in [0.2, 0.25) is 0 Å². The van der Waals surface area contributed by atoms with E-state index >= 15 is 0 Å². The third kappa shape index (κ3) is 3.11. The van der Waals surface area contributed by atoms with Crippen molar-refractivity contribution in [2.45, 2.75) is 12.7 Å². The molecule has 1 atom stereocenters. The van der Waals surface area contributed by atoms with E-state index in [4.69, 9.17) is 11.6 Å². The summed E-state index contributed by atoms with van der Waals surface area (Å²) in [6, 6.07) is 25.3. The van der Waals surface area contributed by atoms with Crippen molar-refractivity contribution >= 4 is 23.2 Å². The quantitative estimate of drug-likeness (QED) is 0.710. The summed E-state index contributed by atoms with van der Waals surface area (Å²) in [7, 11) is 0. The van der Waals surface area contributed by atoms with E-state index in [9.17, 15) is 4.79 Å². The summed E-state index contributed by atoms with van der Waals surface area (Å²) in [5.41, 5.74) is 3.78. The second-order valence-electron chi connectivity index (χ2n) is 6.06. The number of carbonyl (C=O) groups excluding carboxylic acids is 1. The number of amides is 1. The van der Waals surface area contributed by atoms with Gasteiger partial charge < -0.3 is 10.2 Å². The van der Waals surface area contributed by atoms with Crippen molar-refractivity contribution in [3.05, 3.63) is 101 Å². The first-order chi connectivity index (χ1) is 12.2. The molecule has 0 unspecified atom stereocenters. The molecule has 3 nitrogen and oxygen atoms in total. The van der Waals surface area contributed by atoms with E-state index in [1.54, 1.807) is 0 Å². The molecule has 3 aromatic rings. The van der Waals surface area contributed by atoms with Crippen LogP contribution in [0, 0.1) is 0 Å². The van der Waals surface area contributed by atoms with Crippen LogP contribution in [-0.4, -0.2) is 10.8 Å². The minimum atomic E-state index is -0.204. The first-order valence-electron chi connectivity index (χ1n) is 8.18. The van der Waals surface area contributed by atoms with Crippen molar-refractivity contribution in [2.75, 3.05) is 5.32 Å². The Balaban J connectivity index is 1.68. The second-order valence-corrected chi connectivity index (χ2v) is 6.50. The van der Waals surface area contributed by atoms with Crippen molar-refractivity contribution in [1.82, 2.24) is 4.90 Å². The Kier molecular flexibility index (Phi) is 4.16. The van der Waals surface area contributed by atoms with E-state index in [1.807, 2.05) is 83.8 Å². The summed E-state index contributed by atoms with van der Waals surface area (Å²) < 4.78 is 0. The summed E-state index contributed by atoms with van der Waals surface area (Å²) in [5, 5.41) is 4.16. The van der Waals surface area contributed by atoms with Crippen molar-refractivity contribution in [3.63, 3.8) is 0 Å². The van der Waals surface area contributed by atoms with E-state index in [-0.39, 0.29) is 12.1 Å². The van der Waals surface area contributed by atoms with Gasteiger partial charge in [-0.05, 0) is 35.9 Å². The van der Waals surface area contributed by atoms with Crippen LogP contribution in [0.25, 0.3) is 0 Å². The number of nitrogens with zero attached hydrogens (tertiary/aromatic N) is 1. The summed E-state index contributed by atoms with van der Waals surface area (Å²) in [5.74, 6) is 0.0471. The maximum atomic E-state index is 12.9. The highest BCUT2D eigenvalue weighted by Crippen LogP contribution is 2.35. The molecule has 124 valence electrons. The van der Waals surface area contributed by atoms with E-state index in [1.165, 1.54) is 0 Å². The zero-order valence-electron chi connectivity index (χ0n) is 13.5. The lowest BCUT2D eigenvalue weighted by Crippen LogP contribution is -2.31. The van der Waals surface area contributed by atoms with Crippen LogP contribution in [0.15, 0.2) is 78.9 Å². The molecule has 0 aliphatic carbocycles. The zero-order chi connectivity index (χ0) is 17.2. The molecule has 0 spiro atoms. The Labute approximate surface area is 151 Å². The van der Waals surface area contributed by atoms with Crippen molar-refractivity contribution in [3.8, 4) is 0 Å². The molecule has 1 heterocycles. The van der Waals surface area contributed by atoms with Crippen LogP contribution in [0.3, 0.4) is 0 Å². The molecule has 1 amide bonds. The molecular weight excluding hydrogens is 332 g/mol. The smallest absolute Gasteiger partial charge is 0.256 e. The lowest BCUT2D eigenvalue weighted by molar-refractivity contribution is 0.0729. The number of rotatable bonds is 4. The van der Waals surface area contributed by atoms with Gasteiger partial charge >= 0.3 is 0 Å². The van der Waals surface area contributed by atoms with Crippen molar-refractivity contribution in [1.29, 1.82) is 0 Å². The van der Waals surface area contributed by atoms with Crippen LogP contribution < -0.4 is 5.32 Å². The number of hydrogen-bond donors (Lipinski definition) is 1. The van der Waals surface area contributed by atoms with Gasteiger partial charge in [-0.3, -0.25) is 4.79 Å². The SMILES string of the molecule is O=C1c2ccccc2[C@H](Nc2ccc(Cl)cc2)N1Cc1ccccc1. The third-order valence-electron chi connectivity index (χ3n) is 4.40. The first kappa shape index (κ1) is 15.7. The zero-order valence-corrected chi connectivity index (χ0v) is 14.3. The van der Waals surface area contributed by atoms with E-state index in [0.29, 0.717) is 11.6 Å². The van der Waals surface area contributed by atoms with Crippen LogP contribution in [-0.2, 0) is 6.54 Å². The number of carbonyl (C=O) groups is 1. The molecule has 4 rings (SSSR count). The van der Waals surface area contributed by atoms with Gasteiger partial charge in [0.05, 0.1) is 0 Å². The molecule has 25 heavy (non-hydrogen) atoms. The number of nitrogens with one attached hydrogen (secondary N) is 1. The summed E-state index contributed by atoms with van der Waals surface area (Å²) in [4.78, 5) is 14.8. The van der Waals surface area contributed by atoms with Crippen LogP contribution in [0.5, 0.6) is 0 Å². The minimum Gasteiger partial charge on any atom is -0.361 e. The standard InChI is InChI=1S/C21H17ClN2O/c22-16-10-12-17(13-11-16)23-20-18-8-4-5-9-19(18)21(25)24(20)14-15-6-2-1-3-7-15/h1-13,20,23H,14H2/t20-/m1/s1. The number of benzene rings is 3. The average Bonchev–Trinajstić information content (AvgIpc) is 2.91. The van der Waals surface area contributed by atoms with Crippen LogP contribution in [0.2, 0.25) is 5.02 Å². The predicted molar refractivity (Wildman–Crippen MR) is 101 cm³/mol. The third-order valence-corrected chi connectivity index (χ3v) is 4.65. The minimum absolute atomic E-state index is 0.0471. The number of hydrogen-bond acceptors (Lipinski definition) is 2. The predicted octanol–water partition coefficient (Wildman–Crippen LogP) is 5.11. The topological polar surface area (TPSA) is 32.3 Å². The average molecular weight is 349 g/mol. The lowest BCUT2D eigenvalue weighted by Gasteiger charge is -2.27. The fourth-order valence-electron chi connectivity index (χ4n) is 3.17. The number of fused-ring (bicyclic) bond motifs is 1. The molecule has 0 fully saturated rings. The van der Waals surface area contributed by atoms with Gasteiger partial charge in [0.15, 0.2) is 0 Å². The Hall–Kier alpha value is -2.78. The van der Waals surface area contributed by atoms with Gasteiger partial charge in [-0.25, -0.2) is 0 Å². The van der Waals surface area contributed by atoms with Crippen LogP contribution in [0.1, 0.15) is 27.7 Å². The monoisotopic (exact) mass is 348 g/mol. The summed E-state index contributed by atoms with van der Waals surface area (Å²) in [6.07, 6.45) is -0.204. The summed E-state index contributed by atoms with van der Waals surface area (Å²) in [6.45, 7) is 0.555. The Morgan fingerprint density at radius 3 is 2.32 bits per heavy atom. The fraction of sp³-hybridized carbons (Fsp3) is 0.0952. The maximum Gasteiger partial charge on any atom is 0.256 e. The van der Waals surface area contributed by atoms with E-state index in [0.717, 1.165) is 22.4 Å². The van der Waals surface area contributed by atoms with Gasteiger partial charge in [0, 0.05) is 28.4 Å². The summed E-state index contributed by atoms with van der Waals surface area (Å²) >= 11 is 5.98. The van der Waals surface area contributed by atoms with E-state index in [2.05, 4.69) is 5.32 Å². The lowest BCUT2D eigenvalue weighted by atomic mass is 10.1. The number of halogens is 1. The van der Waals surface area contributed by atoms with Gasteiger partial charge in [-0.2, -0.15) is 0 Å². The van der Waals surface area contributed by atoms with Crippen LogP contribution >= 0.6 is 11.6 Å². The van der Waals surface area contributed by atoms with Crippen molar-refractivity contribution in [2.24, 2.45) is 0 Å². The maximum absolute atomic E-state index is 12.9. The first-order valence-corrected chi connectivity index (χ1v) is 8.56. The van der Waals surface area contributed by atoms with Crippen molar-refractivity contribution < 1.29 is 4.79 Å². The Bertz CT molecular complexity index is 893. The Morgan fingerprint density at radius 1 is 0.880 bits per heavy atom. The highest BCUT2D eigenvalue weighted by Gasteiger charge is 2.36. The van der Waals surface area contributed by atoms with E-state index < -0.39 is 0 Å².